The normalized spacial score (nSPS) is 24.2. The van der Waals surface area contributed by atoms with Crippen molar-refractivity contribution in [1.29, 1.82) is 0 Å². The van der Waals surface area contributed by atoms with Gasteiger partial charge in [0.1, 0.15) is 0 Å². The van der Waals surface area contributed by atoms with Gasteiger partial charge in [0, 0.05) is 16.5 Å². The Morgan fingerprint density at radius 1 is 1.38 bits per heavy atom. The van der Waals surface area contributed by atoms with Crippen LogP contribution in [0.25, 0.3) is 0 Å². The molecule has 3 N–H and O–H groups in total. The fraction of sp³-hybridized carbons (Fsp3) is 1.00. The third kappa shape index (κ3) is 3.88. The minimum Gasteiger partial charge on any atom is -0.395 e. The quantitative estimate of drug-likeness (QED) is 0.732. The molecule has 13 heavy (non-hydrogen) atoms. The summed E-state index contributed by atoms with van der Waals surface area (Å²) < 4.78 is 0. The van der Waals surface area contributed by atoms with Crippen molar-refractivity contribution < 1.29 is 5.11 Å². The van der Waals surface area contributed by atoms with Gasteiger partial charge < -0.3 is 10.8 Å². The Hall–Kier alpha value is 0.270. The molecule has 0 radical (unpaired) electrons. The molecular weight excluding hydrogens is 182 g/mol. The number of hydrogen-bond acceptors (Lipinski definition) is 3. The van der Waals surface area contributed by atoms with Crippen LogP contribution in [0.2, 0.25) is 0 Å². The van der Waals surface area contributed by atoms with E-state index in [9.17, 15) is 0 Å². The number of aliphatic hydroxyl groups is 1. The molecule has 1 saturated carbocycles. The lowest BCUT2D eigenvalue weighted by atomic mass is 10.0. The summed E-state index contributed by atoms with van der Waals surface area (Å²) in [5.41, 5.74) is 5.78. The monoisotopic (exact) mass is 203 g/mol. The Labute approximate surface area is 85.3 Å². The summed E-state index contributed by atoms with van der Waals surface area (Å²) in [5, 5.41) is 10.1. The molecule has 0 aliphatic heterocycles. The van der Waals surface area contributed by atoms with Gasteiger partial charge in [-0.25, -0.2) is 0 Å². The first-order valence-corrected chi connectivity index (χ1v) is 6.20. The second-order valence-corrected chi connectivity index (χ2v) is 5.52. The van der Waals surface area contributed by atoms with Gasteiger partial charge in [-0.1, -0.05) is 19.3 Å². The molecule has 1 aliphatic rings. The molecule has 3 heteroatoms. The van der Waals surface area contributed by atoms with Crippen LogP contribution in [0.5, 0.6) is 0 Å². The van der Waals surface area contributed by atoms with Crippen LogP contribution in [0.4, 0.5) is 0 Å². The SMILES string of the molecule is CC(N)C(CO)SC1CCCCC1. The Kier molecular flexibility index (Phi) is 5.14. The number of rotatable bonds is 4. The summed E-state index contributed by atoms with van der Waals surface area (Å²) in [6, 6.07) is 0.108. The average molecular weight is 203 g/mol. The highest BCUT2D eigenvalue weighted by atomic mass is 32.2. The molecule has 78 valence electrons. The van der Waals surface area contributed by atoms with E-state index in [1.165, 1.54) is 32.1 Å². The molecule has 2 unspecified atom stereocenters. The van der Waals surface area contributed by atoms with Crippen molar-refractivity contribution >= 4 is 11.8 Å². The van der Waals surface area contributed by atoms with E-state index in [1.54, 1.807) is 0 Å². The van der Waals surface area contributed by atoms with E-state index in [-0.39, 0.29) is 17.9 Å². The van der Waals surface area contributed by atoms with Gasteiger partial charge in [-0.2, -0.15) is 11.8 Å². The lowest BCUT2D eigenvalue weighted by molar-refractivity contribution is 0.284. The van der Waals surface area contributed by atoms with Crippen molar-refractivity contribution in [2.75, 3.05) is 6.61 Å². The topological polar surface area (TPSA) is 46.2 Å². The van der Waals surface area contributed by atoms with E-state index < -0.39 is 0 Å². The third-order valence-electron chi connectivity index (χ3n) is 2.69. The maximum atomic E-state index is 9.13. The van der Waals surface area contributed by atoms with Gasteiger partial charge in [0.25, 0.3) is 0 Å². The Morgan fingerprint density at radius 3 is 2.46 bits per heavy atom. The van der Waals surface area contributed by atoms with Crippen molar-refractivity contribution in [2.24, 2.45) is 5.73 Å². The minimum absolute atomic E-state index is 0.108. The van der Waals surface area contributed by atoms with Crippen LogP contribution in [0.15, 0.2) is 0 Å². The third-order valence-corrected chi connectivity index (χ3v) is 4.47. The van der Waals surface area contributed by atoms with Crippen LogP contribution >= 0.6 is 11.8 Å². The molecule has 1 rings (SSSR count). The molecule has 0 aromatic rings. The zero-order valence-electron chi connectivity index (χ0n) is 8.41. The molecule has 0 bridgehead atoms. The predicted octanol–water partition coefficient (Wildman–Crippen LogP) is 1.76. The second kappa shape index (κ2) is 5.89. The highest BCUT2D eigenvalue weighted by Crippen LogP contribution is 2.31. The first-order valence-electron chi connectivity index (χ1n) is 5.26. The lowest BCUT2D eigenvalue weighted by Crippen LogP contribution is -2.33. The van der Waals surface area contributed by atoms with E-state index in [4.69, 9.17) is 10.8 Å². The van der Waals surface area contributed by atoms with Crippen LogP contribution in [0.1, 0.15) is 39.0 Å². The predicted molar refractivity (Wildman–Crippen MR) is 59.0 cm³/mol. The van der Waals surface area contributed by atoms with Gasteiger partial charge >= 0.3 is 0 Å². The van der Waals surface area contributed by atoms with E-state index in [1.807, 2.05) is 18.7 Å². The van der Waals surface area contributed by atoms with Crippen LogP contribution in [-0.4, -0.2) is 28.3 Å². The Bertz CT molecular complexity index is 135. The first-order chi connectivity index (χ1) is 6.24. The minimum atomic E-state index is 0.108. The molecule has 2 atom stereocenters. The van der Waals surface area contributed by atoms with Crippen molar-refractivity contribution in [3.05, 3.63) is 0 Å². The van der Waals surface area contributed by atoms with Gasteiger partial charge in [0.05, 0.1) is 6.61 Å². The van der Waals surface area contributed by atoms with Gasteiger partial charge in [-0.3, -0.25) is 0 Å². The largest absolute Gasteiger partial charge is 0.395 e. The summed E-state index contributed by atoms with van der Waals surface area (Å²) >= 11 is 1.90. The fourth-order valence-corrected chi connectivity index (χ4v) is 3.22. The molecule has 2 nitrogen and oxygen atoms in total. The highest BCUT2D eigenvalue weighted by molar-refractivity contribution is 8.00. The Balaban J connectivity index is 2.27. The lowest BCUT2D eigenvalue weighted by Gasteiger charge is -2.27. The smallest absolute Gasteiger partial charge is 0.0565 e. The summed E-state index contributed by atoms with van der Waals surface area (Å²) in [7, 11) is 0. The maximum absolute atomic E-state index is 9.13. The van der Waals surface area contributed by atoms with Crippen LogP contribution in [0.3, 0.4) is 0 Å². The van der Waals surface area contributed by atoms with E-state index in [0.717, 1.165) is 5.25 Å². The number of hydrogen-bond donors (Lipinski definition) is 2. The molecular formula is C10H21NOS. The van der Waals surface area contributed by atoms with Crippen molar-refractivity contribution in [3.8, 4) is 0 Å². The highest BCUT2D eigenvalue weighted by Gasteiger charge is 2.21. The second-order valence-electron chi connectivity index (χ2n) is 3.98. The summed E-state index contributed by atoms with van der Waals surface area (Å²) in [4.78, 5) is 0. The number of thioether (sulfide) groups is 1. The van der Waals surface area contributed by atoms with Crippen molar-refractivity contribution in [1.82, 2.24) is 0 Å². The average Bonchev–Trinajstić information content (AvgIpc) is 2.15. The van der Waals surface area contributed by atoms with Crippen LogP contribution in [0, 0.1) is 0 Å². The molecule has 0 amide bonds. The van der Waals surface area contributed by atoms with Gasteiger partial charge in [0.15, 0.2) is 0 Å². The number of nitrogens with two attached hydrogens (primary N) is 1. The van der Waals surface area contributed by atoms with Crippen molar-refractivity contribution in [3.63, 3.8) is 0 Å². The van der Waals surface area contributed by atoms with E-state index in [2.05, 4.69) is 0 Å². The summed E-state index contributed by atoms with van der Waals surface area (Å²) in [5.74, 6) is 0. The first kappa shape index (κ1) is 11.3. The molecule has 0 spiro atoms. The van der Waals surface area contributed by atoms with E-state index >= 15 is 0 Å². The van der Waals surface area contributed by atoms with Gasteiger partial charge in [-0.15, -0.1) is 0 Å². The molecule has 1 aliphatic carbocycles. The Morgan fingerprint density at radius 2 is 2.00 bits per heavy atom. The van der Waals surface area contributed by atoms with Crippen LogP contribution in [-0.2, 0) is 0 Å². The summed E-state index contributed by atoms with van der Waals surface area (Å²) in [6.07, 6.45) is 6.73. The fourth-order valence-electron chi connectivity index (χ4n) is 1.78. The molecule has 0 aromatic carbocycles. The van der Waals surface area contributed by atoms with Crippen LogP contribution < -0.4 is 5.73 Å². The molecule has 0 aromatic heterocycles. The molecule has 0 saturated heterocycles. The molecule has 1 fully saturated rings. The zero-order valence-corrected chi connectivity index (χ0v) is 9.22. The zero-order chi connectivity index (χ0) is 9.68. The summed E-state index contributed by atoms with van der Waals surface area (Å²) in [6.45, 7) is 2.20. The maximum Gasteiger partial charge on any atom is 0.0565 e. The molecule has 0 heterocycles. The van der Waals surface area contributed by atoms with Gasteiger partial charge in [0.2, 0.25) is 0 Å². The van der Waals surface area contributed by atoms with Gasteiger partial charge in [-0.05, 0) is 19.8 Å². The van der Waals surface area contributed by atoms with E-state index in [0.29, 0.717) is 0 Å². The standard InChI is InChI=1S/C10H21NOS/c1-8(11)10(7-12)13-9-5-3-2-4-6-9/h8-10,12H,2-7,11H2,1H3. The number of aliphatic hydroxyl groups excluding tert-OH is 1. The van der Waals surface area contributed by atoms with Crippen molar-refractivity contribution in [2.45, 2.75) is 55.6 Å².